The molecular weight excluding hydrogens is 364 g/mol. The van der Waals surface area contributed by atoms with Crippen molar-refractivity contribution in [1.82, 2.24) is 0 Å². The van der Waals surface area contributed by atoms with E-state index in [2.05, 4.69) is 0 Å². The second kappa shape index (κ2) is 7.13. The third-order valence-corrected chi connectivity index (χ3v) is 4.91. The van der Waals surface area contributed by atoms with Crippen molar-refractivity contribution in [3.63, 3.8) is 0 Å². The van der Waals surface area contributed by atoms with Crippen LogP contribution in [0.1, 0.15) is 18.4 Å². The lowest BCUT2D eigenvalue weighted by Crippen LogP contribution is -2.47. The predicted molar refractivity (Wildman–Crippen MR) is 93.1 cm³/mol. The lowest BCUT2D eigenvalue weighted by Gasteiger charge is -2.21. The molecular formula is C19H16ClF2NO3. The van der Waals surface area contributed by atoms with Crippen LogP contribution in [0.3, 0.4) is 0 Å². The lowest BCUT2D eigenvalue weighted by atomic mass is 9.92. The highest BCUT2D eigenvalue weighted by Crippen LogP contribution is 2.30. The van der Waals surface area contributed by atoms with Crippen molar-refractivity contribution in [3.8, 4) is 0 Å². The summed E-state index contributed by atoms with van der Waals surface area (Å²) < 4.78 is 27.1. The Morgan fingerprint density at radius 2 is 1.88 bits per heavy atom. The third-order valence-electron chi connectivity index (χ3n) is 4.56. The summed E-state index contributed by atoms with van der Waals surface area (Å²) in [6, 6.07) is 10.9. The number of hydrogen-bond acceptors (Lipinski definition) is 3. The van der Waals surface area contributed by atoms with Gasteiger partial charge in [0.05, 0.1) is 0 Å². The van der Waals surface area contributed by atoms with Gasteiger partial charge < -0.3 is 10.0 Å². The van der Waals surface area contributed by atoms with Gasteiger partial charge in [-0.3, -0.25) is 9.59 Å². The van der Waals surface area contributed by atoms with Crippen LogP contribution in [0.4, 0.5) is 14.5 Å². The Hall–Kier alpha value is -2.31. The second-order valence-corrected chi connectivity index (χ2v) is 6.54. The molecule has 26 heavy (non-hydrogen) atoms. The van der Waals surface area contributed by atoms with Gasteiger partial charge in [-0.1, -0.05) is 35.9 Å². The molecule has 1 aliphatic heterocycles. The number of hydrogen-bond donors (Lipinski definition) is 1. The smallest absolute Gasteiger partial charge is 0.266 e. The number of halogens is 3. The van der Waals surface area contributed by atoms with Crippen molar-refractivity contribution in [2.45, 2.75) is 24.9 Å². The first-order valence-corrected chi connectivity index (χ1v) is 8.47. The maximum atomic E-state index is 13.9. The number of Topliss-reactive ketones (excluding diaryl/α,β-unsaturated/α-hetero) is 1. The summed E-state index contributed by atoms with van der Waals surface area (Å²) in [5, 5.41) is 9.95. The van der Waals surface area contributed by atoms with Gasteiger partial charge in [-0.05, 0) is 30.2 Å². The van der Waals surface area contributed by atoms with Crippen molar-refractivity contribution in [2.75, 3.05) is 11.4 Å². The number of aryl methyl sites for hydroxylation is 1. The van der Waals surface area contributed by atoms with Crippen molar-refractivity contribution < 1.29 is 23.5 Å². The first kappa shape index (κ1) is 18.5. The maximum Gasteiger partial charge on any atom is 0.266 e. The highest BCUT2D eigenvalue weighted by molar-refractivity contribution is 6.31. The summed E-state index contributed by atoms with van der Waals surface area (Å²) in [5.74, 6) is -3.20. The Labute approximate surface area is 154 Å². The molecule has 1 fully saturated rings. The van der Waals surface area contributed by atoms with Gasteiger partial charge in [0.15, 0.2) is 5.78 Å². The molecule has 1 atom stereocenters. The molecule has 4 nitrogen and oxygen atoms in total. The highest BCUT2D eigenvalue weighted by atomic mass is 35.5. The molecule has 0 unspecified atom stereocenters. The number of nitrogens with zero attached hydrogens (tertiary/aromatic N) is 1. The number of carbonyl (C=O) groups excluding carboxylic acids is 2. The zero-order chi connectivity index (χ0) is 18.9. The third kappa shape index (κ3) is 3.22. The first-order chi connectivity index (χ1) is 12.3. The Morgan fingerprint density at radius 1 is 1.19 bits per heavy atom. The van der Waals surface area contributed by atoms with Gasteiger partial charge in [-0.25, -0.2) is 8.78 Å². The first-order valence-electron chi connectivity index (χ1n) is 8.09. The predicted octanol–water partition coefficient (Wildman–Crippen LogP) is 3.29. The molecule has 1 aliphatic rings. The summed E-state index contributed by atoms with van der Waals surface area (Å²) in [7, 11) is 0. The largest absolute Gasteiger partial charge is 0.373 e. The Morgan fingerprint density at radius 3 is 2.58 bits per heavy atom. The molecule has 0 bridgehead atoms. The van der Waals surface area contributed by atoms with E-state index in [1.807, 2.05) is 0 Å². The number of carbonyl (C=O) groups is 2. The van der Waals surface area contributed by atoms with Crippen LogP contribution in [-0.2, 0) is 16.0 Å². The lowest BCUT2D eigenvalue weighted by molar-refractivity contribution is -0.147. The monoisotopic (exact) mass is 379 g/mol. The molecule has 3 rings (SSSR count). The maximum absolute atomic E-state index is 13.9. The molecule has 136 valence electrons. The van der Waals surface area contributed by atoms with Gasteiger partial charge >= 0.3 is 0 Å². The zero-order valence-corrected chi connectivity index (χ0v) is 14.5. The molecule has 2 aromatic rings. The van der Waals surface area contributed by atoms with Crippen LogP contribution >= 0.6 is 11.6 Å². The van der Waals surface area contributed by atoms with Crippen LogP contribution in [-0.4, -0.2) is 28.9 Å². The van der Waals surface area contributed by atoms with E-state index in [1.54, 1.807) is 30.3 Å². The number of para-hydroxylation sites is 1. The van der Waals surface area contributed by atoms with Gasteiger partial charge in [0, 0.05) is 25.1 Å². The van der Waals surface area contributed by atoms with Crippen molar-refractivity contribution in [3.05, 3.63) is 64.7 Å². The fraction of sp³-hybridized carbons (Fsp3) is 0.263. The molecule has 0 saturated carbocycles. The quantitative estimate of drug-likeness (QED) is 0.640. The number of benzene rings is 2. The molecule has 7 heteroatoms. The molecule has 1 heterocycles. The number of anilines is 1. The number of amides is 1. The molecule has 1 saturated heterocycles. The molecule has 1 N–H and O–H groups in total. The van der Waals surface area contributed by atoms with E-state index < -0.39 is 33.9 Å². The molecule has 0 spiro atoms. The van der Waals surface area contributed by atoms with Crippen LogP contribution in [0, 0.1) is 11.6 Å². The second-order valence-electron chi connectivity index (χ2n) is 6.16. The SMILES string of the molecule is O=C(CCc1ccc(F)c(Cl)c1F)[C@@]1(O)CCN(c2ccccc2)C1=O. The van der Waals surface area contributed by atoms with Gasteiger partial charge in [0.1, 0.15) is 16.7 Å². The molecule has 0 aromatic heterocycles. The average Bonchev–Trinajstić information content (AvgIpc) is 2.96. The minimum absolute atomic E-state index is 0.0355. The fourth-order valence-electron chi connectivity index (χ4n) is 3.03. The number of ketones is 1. The van der Waals surface area contributed by atoms with Gasteiger partial charge in [0.2, 0.25) is 5.60 Å². The van der Waals surface area contributed by atoms with E-state index in [9.17, 15) is 23.5 Å². The van der Waals surface area contributed by atoms with Crippen molar-refractivity contribution >= 4 is 29.0 Å². The normalized spacial score (nSPS) is 19.8. The summed E-state index contributed by atoms with van der Waals surface area (Å²) in [6.45, 7) is 0.210. The van der Waals surface area contributed by atoms with E-state index in [1.165, 1.54) is 11.0 Å². The number of aliphatic hydroxyl groups is 1. The zero-order valence-electron chi connectivity index (χ0n) is 13.7. The van der Waals surface area contributed by atoms with E-state index in [0.717, 1.165) is 6.07 Å². The summed E-state index contributed by atoms with van der Waals surface area (Å²) in [5.41, 5.74) is -1.48. The number of rotatable bonds is 5. The van der Waals surface area contributed by atoms with Crippen LogP contribution in [0.25, 0.3) is 0 Å². The van der Waals surface area contributed by atoms with Crippen LogP contribution in [0.15, 0.2) is 42.5 Å². The Balaban J connectivity index is 1.72. The minimum Gasteiger partial charge on any atom is -0.373 e. The van der Waals surface area contributed by atoms with E-state index >= 15 is 0 Å². The highest BCUT2D eigenvalue weighted by Gasteiger charge is 2.50. The van der Waals surface area contributed by atoms with Crippen molar-refractivity contribution in [2.24, 2.45) is 0 Å². The summed E-state index contributed by atoms with van der Waals surface area (Å²) >= 11 is 5.52. The van der Waals surface area contributed by atoms with Crippen LogP contribution < -0.4 is 4.90 Å². The molecule has 0 radical (unpaired) electrons. The molecule has 1 amide bonds. The van der Waals surface area contributed by atoms with Gasteiger partial charge in [0.25, 0.3) is 5.91 Å². The van der Waals surface area contributed by atoms with E-state index in [0.29, 0.717) is 5.69 Å². The Bertz CT molecular complexity index is 859. The molecule has 2 aromatic carbocycles. The van der Waals surface area contributed by atoms with Crippen LogP contribution in [0.2, 0.25) is 5.02 Å². The van der Waals surface area contributed by atoms with E-state index in [-0.39, 0.29) is 31.4 Å². The van der Waals surface area contributed by atoms with Gasteiger partial charge in [-0.2, -0.15) is 0 Å². The van der Waals surface area contributed by atoms with Crippen LogP contribution in [0.5, 0.6) is 0 Å². The molecule has 0 aliphatic carbocycles. The average molecular weight is 380 g/mol. The fourth-order valence-corrected chi connectivity index (χ4v) is 3.22. The minimum atomic E-state index is -2.13. The topological polar surface area (TPSA) is 57.6 Å². The standard InChI is InChI=1S/C19H16ClF2NO3/c20-16-14(21)8-6-12(17(16)22)7-9-15(24)19(26)10-11-23(18(19)25)13-4-2-1-3-5-13/h1-6,8,26H,7,9-11H2/t19-/m0/s1. The summed E-state index contributed by atoms with van der Waals surface area (Å²) in [6.07, 6.45) is -0.387. The summed E-state index contributed by atoms with van der Waals surface area (Å²) in [4.78, 5) is 26.4. The van der Waals surface area contributed by atoms with E-state index in [4.69, 9.17) is 11.6 Å². The van der Waals surface area contributed by atoms with Gasteiger partial charge in [-0.15, -0.1) is 0 Å². The van der Waals surface area contributed by atoms with Crippen molar-refractivity contribution in [1.29, 1.82) is 0 Å². The Kier molecular flexibility index (Phi) is 5.07.